The first-order chi connectivity index (χ1) is 12.5. The lowest BCUT2D eigenvalue weighted by atomic mass is 10.2. The van der Waals surface area contributed by atoms with Crippen LogP contribution in [0.4, 0.5) is 5.69 Å². The van der Waals surface area contributed by atoms with Gasteiger partial charge in [0.05, 0.1) is 5.69 Å². The third-order valence-electron chi connectivity index (χ3n) is 3.95. The van der Waals surface area contributed by atoms with E-state index in [0.29, 0.717) is 20.6 Å². The van der Waals surface area contributed by atoms with E-state index in [2.05, 4.69) is 10.3 Å². The Morgan fingerprint density at radius 1 is 1.12 bits per heavy atom. The smallest absolute Gasteiger partial charge is 0.267 e. The van der Waals surface area contributed by atoms with Crippen LogP contribution in [0.2, 0.25) is 10.0 Å². The number of aryl methyl sites for hydroxylation is 1. The van der Waals surface area contributed by atoms with Gasteiger partial charge in [-0.1, -0.05) is 64.9 Å². The van der Waals surface area contributed by atoms with Gasteiger partial charge in [-0.3, -0.25) is 9.20 Å². The molecule has 2 heterocycles. The second-order valence-corrected chi connectivity index (χ2v) is 7.62. The third kappa shape index (κ3) is 3.21. The second-order valence-electron chi connectivity index (χ2n) is 5.77. The summed E-state index contributed by atoms with van der Waals surface area (Å²) >= 11 is 13.3. The zero-order chi connectivity index (χ0) is 18.3. The molecule has 0 saturated carbocycles. The van der Waals surface area contributed by atoms with Crippen molar-refractivity contribution >= 4 is 51.1 Å². The van der Waals surface area contributed by atoms with Crippen LogP contribution in [0.1, 0.15) is 15.4 Å². The first-order valence-electron chi connectivity index (χ1n) is 7.82. The van der Waals surface area contributed by atoms with Crippen molar-refractivity contribution in [1.82, 2.24) is 9.38 Å². The molecule has 1 N–H and O–H groups in total. The van der Waals surface area contributed by atoms with Gasteiger partial charge in [0.1, 0.15) is 4.88 Å². The van der Waals surface area contributed by atoms with Gasteiger partial charge in [0, 0.05) is 33.2 Å². The molecule has 0 aliphatic carbocycles. The number of nitrogens with zero attached hydrogens (tertiary/aromatic N) is 2. The van der Waals surface area contributed by atoms with E-state index < -0.39 is 0 Å². The number of carbonyl (C=O) groups excluding carboxylic acids is 1. The minimum absolute atomic E-state index is 0.211. The highest BCUT2D eigenvalue weighted by Crippen LogP contribution is 2.28. The highest BCUT2D eigenvalue weighted by molar-refractivity contribution is 7.19. The van der Waals surface area contributed by atoms with Crippen molar-refractivity contribution in [2.75, 3.05) is 5.32 Å². The molecule has 1 amide bonds. The van der Waals surface area contributed by atoms with Gasteiger partial charge in [-0.25, -0.2) is 4.98 Å². The Kier molecular flexibility index (Phi) is 4.44. The molecule has 0 aliphatic heterocycles. The fourth-order valence-corrected chi connectivity index (χ4v) is 4.25. The van der Waals surface area contributed by atoms with Crippen molar-refractivity contribution < 1.29 is 4.79 Å². The van der Waals surface area contributed by atoms with Gasteiger partial charge < -0.3 is 5.32 Å². The van der Waals surface area contributed by atoms with Crippen LogP contribution in [0.15, 0.2) is 54.7 Å². The van der Waals surface area contributed by atoms with Gasteiger partial charge in [0.25, 0.3) is 5.91 Å². The number of hydrogen-bond acceptors (Lipinski definition) is 3. The Bertz CT molecular complexity index is 1100. The van der Waals surface area contributed by atoms with Gasteiger partial charge in [0.15, 0.2) is 4.96 Å². The number of amides is 1. The minimum Gasteiger partial charge on any atom is -0.321 e. The molecule has 0 bridgehead atoms. The average molecular weight is 402 g/mol. The summed E-state index contributed by atoms with van der Waals surface area (Å²) in [6, 6.07) is 14.9. The Labute approximate surface area is 164 Å². The van der Waals surface area contributed by atoms with Crippen LogP contribution in [0.5, 0.6) is 0 Å². The van der Waals surface area contributed by atoms with Crippen LogP contribution in [0, 0.1) is 6.92 Å². The fraction of sp³-hybridized carbons (Fsp3) is 0.0526. The highest BCUT2D eigenvalue weighted by Gasteiger charge is 2.18. The van der Waals surface area contributed by atoms with E-state index in [-0.39, 0.29) is 5.91 Å². The summed E-state index contributed by atoms with van der Waals surface area (Å²) in [5, 5.41) is 3.78. The third-order valence-corrected chi connectivity index (χ3v) is 5.55. The molecule has 2 aromatic heterocycles. The van der Waals surface area contributed by atoms with Crippen LogP contribution in [0.3, 0.4) is 0 Å². The van der Waals surface area contributed by atoms with E-state index in [9.17, 15) is 4.79 Å². The first kappa shape index (κ1) is 17.1. The number of thiazole rings is 1. The Morgan fingerprint density at radius 2 is 1.81 bits per heavy atom. The molecule has 4 rings (SSSR count). The molecule has 0 atom stereocenters. The number of aromatic nitrogens is 2. The summed E-state index contributed by atoms with van der Waals surface area (Å²) in [7, 11) is 0. The largest absolute Gasteiger partial charge is 0.321 e. The van der Waals surface area contributed by atoms with Crippen LogP contribution in [0.25, 0.3) is 16.2 Å². The molecule has 0 saturated heterocycles. The summed E-state index contributed by atoms with van der Waals surface area (Å²) in [6.07, 6.45) is 1.95. The normalized spacial score (nSPS) is 11.0. The van der Waals surface area contributed by atoms with Gasteiger partial charge in [-0.15, -0.1) is 0 Å². The molecule has 2 aromatic carbocycles. The Morgan fingerprint density at radius 3 is 2.46 bits per heavy atom. The molecular weight excluding hydrogens is 389 g/mol. The van der Waals surface area contributed by atoms with Crippen molar-refractivity contribution in [2.45, 2.75) is 6.92 Å². The van der Waals surface area contributed by atoms with Gasteiger partial charge >= 0.3 is 0 Å². The maximum absolute atomic E-state index is 12.7. The number of benzene rings is 2. The van der Waals surface area contributed by atoms with Crippen LogP contribution < -0.4 is 5.32 Å². The summed E-state index contributed by atoms with van der Waals surface area (Å²) in [4.78, 5) is 18.7. The van der Waals surface area contributed by atoms with Crippen LogP contribution in [-0.2, 0) is 0 Å². The number of hydrogen-bond donors (Lipinski definition) is 1. The van der Waals surface area contributed by atoms with Crippen molar-refractivity contribution in [3.05, 3.63) is 75.3 Å². The number of nitrogens with one attached hydrogen (secondary N) is 1. The van der Waals surface area contributed by atoms with Crippen molar-refractivity contribution in [1.29, 1.82) is 0 Å². The Balaban J connectivity index is 1.65. The minimum atomic E-state index is -0.211. The predicted octanol–water partition coefficient (Wildman–Crippen LogP) is 5.93. The summed E-state index contributed by atoms with van der Waals surface area (Å²) in [5.41, 5.74) is 3.32. The van der Waals surface area contributed by atoms with Gasteiger partial charge in [-0.05, 0) is 25.1 Å². The highest BCUT2D eigenvalue weighted by atomic mass is 35.5. The molecule has 0 fully saturated rings. The molecule has 0 radical (unpaired) electrons. The number of carbonyl (C=O) groups is 1. The van der Waals surface area contributed by atoms with E-state index >= 15 is 0 Å². The van der Waals surface area contributed by atoms with Crippen LogP contribution >= 0.6 is 34.5 Å². The average Bonchev–Trinajstić information content (AvgIpc) is 3.14. The van der Waals surface area contributed by atoms with Gasteiger partial charge in [-0.2, -0.15) is 0 Å². The lowest BCUT2D eigenvalue weighted by Gasteiger charge is -2.05. The standard InChI is InChI=1S/C19H13Cl2N3OS/c1-11-17(18(25)22-15-8-13(20)7-14(21)9-15)26-19-23-16(10-24(11)19)12-5-3-2-4-6-12/h2-10H,1H3,(H,22,25). The first-order valence-corrected chi connectivity index (χ1v) is 9.40. The topological polar surface area (TPSA) is 46.4 Å². The second kappa shape index (κ2) is 6.76. The molecule has 0 aliphatic rings. The zero-order valence-electron chi connectivity index (χ0n) is 13.7. The van der Waals surface area contributed by atoms with E-state index in [1.165, 1.54) is 11.3 Å². The summed E-state index contributed by atoms with van der Waals surface area (Å²) in [6.45, 7) is 1.90. The number of imidazole rings is 1. The molecule has 0 unspecified atom stereocenters. The molecular formula is C19H13Cl2N3OS. The molecule has 26 heavy (non-hydrogen) atoms. The Hall–Kier alpha value is -2.34. The van der Waals surface area contributed by atoms with Crippen molar-refractivity contribution in [3.8, 4) is 11.3 Å². The molecule has 0 spiro atoms. The maximum Gasteiger partial charge on any atom is 0.267 e. The predicted molar refractivity (Wildman–Crippen MR) is 108 cm³/mol. The molecule has 4 aromatic rings. The van der Waals surface area contributed by atoms with Crippen molar-refractivity contribution in [2.24, 2.45) is 0 Å². The quantitative estimate of drug-likeness (QED) is 0.462. The summed E-state index contributed by atoms with van der Waals surface area (Å²) in [5.74, 6) is -0.211. The molecule has 4 nitrogen and oxygen atoms in total. The van der Waals surface area contributed by atoms with E-state index in [1.807, 2.05) is 47.9 Å². The number of halogens is 2. The number of rotatable bonds is 3. The van der Waals surface area contributed by atoms with Crippen molar-refractivity contribution in [3.63, 3.8) is 0 Å². The SMILES string of the molecule is Cc1c(C(=O)Nc2cc(Cl)cc(Cl)c2)sc2nc(-c3ccccc3)cn12. The van der Waals surface area contributed by atoms with E-state index in [4.69, 9.17) is 23.2 Å². The van der Waals surface area contributed by atoms with Crippen LogP contribution in [-0.4, -0.2) is 15.3 Å². The number of fused-ring (bicyclic) bond motifs is 1. The fourth-order valence-electron chi connectivity index (χ4n) is 2.72. The molecule has 130 valence electrons. The maximum atomic E-state index is 12.7. The molecule has 7 heteroatoms. The lowest BCUT2D eigenvalue weighted by molar-refractivity contribution is 0.102. The van der Waals surface area contributed by atoms with E-state index in [0.717, 1.165) is 21.9 Å². The number of anilines is 1. The zero-order valence-corrected chi connectivity index (χ0v) is 16.0. The van der Waals surface area contributed by atoms with E-state index in [1.54, 1.807) is 18.2 Å². The monoisotopic (exact) mass is 401 g/mol. The van der Waals surface area contributed by atoms with Gasteiger partial charge in [0.2, 0.25) is 0 Å². The summed E-state index contributed by atoms with van der Waals surface area (Å²) < 4.78 is 1.94. The lowest BCUT2D eigenvalue weighted by Crippen LogP contribution is -2.11.